The van der Waals surface area contributed by atoms with Crippen molar-refractivity contribution < 1.29 is 14.3 Å². The molecule has 1 fully saturated rings. The largest absolute Gasteiger partial charge is 0.463 e. The molecule has 1 rings (SSSR count). The van der Waals surface area contributed by atoms with Crippen LogP contribution in [0.25, 0.3) is 0 Å². The maximum absolute atomic E-state index is 11.4. The molecule has 0 unspecified atom stereocenters. The van der Waals surface area contributed by atoms with Crippen LogP contribution in [0.2, 0.25) is 0 Å². The highest BCUT2D eigenvalue weighted by molar-refractivity contribution is 5.98. The average Bonchev–Trinajstić information content (AvgIpc) is 2.71. The van der Waals surface area contributed by atoms with Crippen molar-refractivity contribution in [2.45, 2.75) is 26.7 Å². The van der Waals surface area contributed by atoms with Crippen molar-refractivity contribution in [3.63, 3.8) is 0 Å². The van der Waals surface area contributed by atoms with E-state index < -0.39 is 5.97 Å². The molecule has 0 spiro atoms. The van der Waals surface area contributed by atoms with Gasteiger partial charge in [-0.1, -0.05) is 0 Å². The van der Waals surface area contributed by atoms with E-state index in [1.165, 1.54) is 19.1 Å². The van der Waals surface area contributed by atoms with Crippen LogP contribution in [0.3, 0.4) is 0 Å². The third kappa shape index (κ3) is 3.53. The van der Waals surface area contributed by atoms with Crippen LogP contribution < -0.4 is 5.32 Å². The van der Waals surface area contributed by atoms with E-state index in [2.05, 4.69) is 5.32 Å². The SMILES string of the molecule is CCOC(=O)/C=C/C(C(C)=O)=C1\CCCN1. The van der Waals surface area contributed by atoms with Crippen molar-refractivity contribution in [2.24, 2.45) is 0 Å². The van der Waals surface area contributed by atoms with Gasteiger partial charge in [-0.05, 0) is 32.8 Å². The van der Waals surface area contributed by atoms with Crippen LogP contribution >= 0.6 is 0 Å². The Labute approximate surface area is 95.4 Å². The summed E-state index contributed by atoms with van der Waals surface area (Å²) in [5, 5.41) is 3.15. The zero-order chi connectivity index (χ0) is 12.0. The molecular formula is C12H17NO3. The minimum absolute atomic E-state index is 0.0371. The van der Waals surface area contributed by atoms with E-state index in [4.69, 9.17) is 4.74 Å². The zero-order valence-corrected chi connectivity index (χ0v) is 9.71. The summed E-state index contributed by atoms with van der Waals surface area (Å²) >= 11 is 0. The van der Waals surface area contributed by atoms with Crippen molar-refractivity contribution in [1.29, 1.82) is 0 Å². The number of hydrogen-bond acceptors (Lipinski definition) is 4. The Kier molecular flexibility index (Phi) is 4.76. The summed E-state index contributed by atoms with van der Waals surface area (Å²) in [6.07, 6.45) is 4.72. The fraction of sp³-hybridized carbons (Fsp3) is 0.500. The number of nitrogens with one attached hydrogen (secondary N) is 1. The fourth-order valence-corrected chi connectivity index (χ4v) is 1.59. The van der Waals surface area contributed by atoms with Gasteiger partial charge in [0.25, 0.3) is 0 Å². The van der Waals surface area contributed by atoms with Crippen LogP contribution in [0, 0.1) is 0 Å². The van der Waals surface area contributed by atoms with Crippen molar-refractivity contribution in [1.82, 2.24) is 5.32 Å². The molecular weight excluding hydrogens is 206 g/mol. The lowest BCUT2D eigenvalue weighted by Crippen LogP contribution is -2.10. The number of ketones is 1. The third-order valence-corrected chi connectivity index (χ3v) is 2.32. The van der Waals surface area contributed by atoms with Crippen LogP contribution in [-0.2, 0) is 14.3 Å². The van der Waals surface area contributed by atoms with Gasteiger partial charge in [0, 0.05) is 23.9 Å². The van der Waals surface area contributed by atoms with Gasteiger partial charge >= 0.3 is 5.97 Å². The number of ether oxygens (including phenoxy) is 1. The molecule has 0 radical (unpaired) electrons. The first-order chi connectivity index (χ1) is 7.65. The number of esters is 1. The van der Waals surface area contributed by atoms with Crippen molar-refractivity contribution in [3.05, 3.63) is 23.4 Å². The highest BCUT2D eigenvalue weighted by atomic mass is 16.5. The van der Waals surface area contributed by atoms with E-state index in [9.17, 15) is 9.59 Å². The highest BCUT2D eigenvalue weighted by Crippen LogP contribution is 2.15. The number of hydrogen-bond donors (Lipinski definition) is 1. The van der Waals surface area contributed by atoms with Gasteiger partial charge in [-0.3, -0.25) is 4.79 Å². The highest BCUT2D eigenvalue weighted by Gasteiger charge is 2.13. The van der Waals surface area contributed by atoms with Gasteiger partial charge in [-0.15, -0.1) is 0 Å². The lowest BCUT2D eigenvalue weighted by molar-refractivity contribution is -0.137. The van der Waals surface area contributed by atoms with Gasteiger partial charge in [0.1, 0.15) is 0 Å². The fourth-order valence-electron chi connectivity index (χ4n) is 1.59. The zero-order valence-electron chi connectivity index (χ0n) is 9.71. The Bertz CT molecular complexity index is 334. The second-order valence-electron chi connectivity index (χ2n) is 3.56. The molecule has 0 aliphatic carbocycles. The molecule has 0 aromatic heterocycles. The van der Waals surface area contributed by atoms with Crippen molar-refractivity contribution >= 4 is 11.8 Å². The van der Waals surface area contributed by atoms with E-state index in [1.54, 1.807) is 6.92 Å². The van der Waals surface area contributed by atoms with Crippen LogP contribution in [0.15, 0.2) is 23.4 Å². The minimum atomic E-state index is -0.417. The Balaban J connectivity index is 2.76. The minimum Gasteiger partial charge on any atom is -0.463 e. The van der Waals surface area contributed by atoms with E-state index in [-0.39, 0.29) is 5.78 Å². The Hall–Kier alpha value is -1.58. The molecule has 16 heavy (non-hydrogen) atoms. The van der Waals surface area contributed by atoms with E-state index >= 15 is 0 Å². The first-order valence-electron chi connectivity index (χ1n) is 5.48. The molecule has 1 heterocycles. The van der Waals surface area contributed by atoms with Gasteiger partial charge in [0.05, 0.1) is 6.61 Å². The summed E-state index contributed by atoms with van der Waals surface area (Å²) in [6.45, 7) is 4.47. The molecule has 4 heteroatoms. The molecule has 1 aliphatic rings. The first kappa shape index (κ1) is 12.5. The summed E-state index contributed by atoms with van der Waals surface area (Å²) in [5.41, 5.74) is 1.50. The molecule has 0 aromatic carbocycles. The van der Waals surface area contributed by atoms with Gasteiger partial charge in [-0.25, -0.2) is 4.79 Å². The molecule has 0 amide bonds. The molecule has 88 valence electrons. The van der Waals surface area contributed by atoms with E-state index in [0.717, 1.165) is 25.1 Å². The summed E-state index contributed by atoms with van der Waals surface area (Å²) in [7, 11) is 0. The van der Waals surface area contributed by atoms with Crippen LogP contribution in [-0.4, -0.2) is 24.9 Å². The molecule has 0 aromatic rings. The third-order valence-electron chi connectivity index (χ3n) is 2.32. The number of carbonyl (C=O) groups excluding carboxylic acids is 2. The quantitative estimate of drug-likeness (QED) is 0.577. The van der Waals surface area contributed by atoms with E-state index in [1.807, 2.05) is 0 Å². The van der Waals surface area contributed by atoms with Crippen LogP contribution in [0.4, 0.5) is 0 Å². The number of allylic oxidation sites excluding steroid dienone is 3. The van der Waals surface area contributed by atoms with E-state index in [0.29, 0.717) is 12.2 Å². The Morgan fingerprint density at radius 2 is 2.19 bits per heavy atom. The van der Waals surface area contributed by atoms with Gasteiger partial charge in [-0.2, -0.15) is 0 Å². The maximum Gasteiger partial charge on any atom is 0.330 e. The standard InChI is InChI=1S/C12H17NO3/c1-3-16-12(15)7-6-10(9(2)14)11-5-4-8-13-11/h6-7,13H,3-5,8H2,1-2H3/b7-6+,11-10-. The molecule has 1 aliphatic heterocycles. The molecule has 4 nitrogen and oxygen atoms in total. The van der Waals surface area contributed by atoms with Gasteiger partial charge < -0.3 is 10.1 Å². The summed E-state index contributed by atoms with van der Waals surface area (Å²) in [4.78, 5) is 22.5. The smallest absolute Gasteiger partial charge is 0.330 e. The lowest BCUT2D eigenvalue weighted by Gasteiger charge is -2.03. The Morgan fingerprint density at radius 1 is 1.44 bits per heavy atom. The Morgan fingerprint density at radius 3 is 2.69 bits per heavy atom. The summed E-state index contributed by atoms with van der Waals surface area (Å²) in [6, 6.07) is 0. The molecule has 0 saturated carbocycles. The average molecular weight is 223 g/mol. The number of carbonyl (C=O) groups is 2. The predicted molar refractivity (Wildman–Crippen MR) is 60.7 cm³/mol. The molecule has 0 bridgehead atoms. The van der Waals surface area contributed by atoms with Crippen LogP contribution in [0.5, 0.6) is 0 Å². The normalized spacial score (nSPS) is 18.4. The lowest BCUT2D eigenvalue weighted by atomic mass is 10.1. The number of rotatable bonds is 4. The molecule has 1 N–H and O–H groups in total. The van der Waals surface area contributed by atoms with Crippen molar-refractivity contribution in [2.75, 3.05) is 13.2 Å². The second-order valence-corrected chi connectivity index (χ2v) is 3.56. The van der Waals surface area contributed by atoms with Crippen molar-refractivity contribution in [3.8, 4) is 0 Å². The molecule has 1 saturated heterocycles. The predicted octanol–water partition coefficient (Wildman–Crippen LogP) is 1.33. The summed E-state index contributed by atoms with van der Waals surface area (Å²) < 4.78 is 4.75. The topological polar surface area (TPSA) is 55.4 Å². The summed E-state index contributed by atoms with van der Waals surface area (Å²) in [5.74, 6) is -0.454. The molecule has 0 atom stereocenters. The maximum atomic E-state index is 11.4. The van der Waals surface area contributed by atoms with Crippen LogP contribution in [0.1, 0.15) is 26.7 Å². The monoisotopic (exact) mass is 223 g/mol. The first-order valence-corrected chi connectivity index (χ1v) is 5.48. The van der Waals surface area contributed by atoms with Gasteiger partial charge in [0.2, 0.25) is 0 Å². The van der Waals surface area contributed by atoms with Gasteiger partial charge in [0.15, 0.2) is 5.78 Å². The second kappa shape index (κ2) is 6.10. The number of Topliss-reactive ketones (excluding diaryl/α,β-unsaturated/α-hetero) is 1.